The van der Waals surface area contributed by atoms with Gasteiger partial charge in [0.05, 0.1) is 24.5 Å². The van der Waals surface area contributed by atoms with Crippen molar-refractivity contribution >= 4 is 5.91 Å². The second-order valence-electron chi connectivity index (χ2n) is 5.55. The highest BCUT2D eigenvalue weighted by Gasteiger charge is 2.29. The summed E-state index contributed by atoms with van der Waals surface area (Å²) in [5.74, 6) is 0.800. The van der Waals surface area contributed by atoms with Gasteiger partial charge in [0.15, 0.2) is 0 Å². The molecule has 0 aliphatic carbocycles. The number of carbonyl (C=O) groups is 1. The van der Waals surface area contributed by atoms with Crippen LogP contribution in [-0.4, -0.2) is 40.0 Å². The molecule has 120 valence electrons. The van der Waals surface area contributed by atoms with E-state index in [0.29, 0.717) is 36.7 Å². The number of rotatable bonds is 3. The number of aromatic nitrogens is 2. The van der Waals surface area contributed by atoms with E-state index in [9.17, 15) is 9.59 Å². The van der Waals surface area contributed by atoms with Crippen LogP contribution >= 0.6 is 0 Å². The zero-order valence-electron chi connectivity index (χ0n) is 13.0. The molecule has 3 rings (SSSR count). The van der Waals surface area contributed by atoms with E-state index >= 15 is 0 Å². The predicted molar refractivity (Wildman–Crippen MR) is 81.4 cm³/mol. The molecule has 1 atom stereocenters. The number of hydrogen-bond donors (Lipinski definition) is 0. The van der Waals surface area contributed by atoms with Gasteiger partial charge >= 0.3 is 5.63 Å². The third-order valence-corrected chi connectivity index (χ3v) is 3.60. The second-order valence-corrected chi connectivity index (χ2v) is 5.55. The van der Waals surface area contributed by atoms with Gasteiger partial charge in [0.25, 0.3) is 5.91 Å². The molecule has 2 aromatic heterocycles. The maximum Gasteiger partial charge on any atom is 0.339 e. The Balaban J connectivity index is 1.65. The molecule has 3 heterocycles. The van der Waals surface area contributed by atoms with E-state index in [1.807, 2.05) is 6.92 Å². The van der Waals surface area contributed by atoms with Crippen LogP contribution in [0.5, 0.6) is 5.75 Å². The minimum absolute atomic E-state index is 0.154. The van der Waals surface area contributed by atoms with Gasteiger partial charge in [0, 0.05) is 25.2 Å². The lowest BCUT2D eigenvalue weighted by Crippen LogP contribution is -2.31. The second kappa shape index (κ2) is 6.20. The molecule has 0 aromatic carbocycles. The Kier molecular flexibility index (Phi) is 4.10. The standard InChI is InChI=1S/C16H17N3O4/c1-10-7-18-14(8-17-10)16(21)19-4-3-12(9-19)23-13-5-11(2)22-15(20)6-13/h5-8,12H,3-4,9H2,1-2H3. The van der Waals surface area contributed by atoms with Crippen LogP contribution in [-0.2, 0) is 0 Å². The molecule has 0 N–H and O–H groups in total. The number of ether oxygens (including phenoxy) is 1. The first kappa shape index (κ1) is 15.2. The molecule has 0 saturated carbocycles. The summed E-state index contributed by atoms with van der Waals surface area (Å²) < 4.78 is 10.7. The molecule has 1 unspecified atom stereocenters. The van der Waals surface area contributed by atoms with Crippen molar-refractivity contribution in [2.24, 2.45) is 0 Å². The number of hydrogen-bond acceptors (Lipinski definition) is 6. The van der Waals surface area contributed by atoms with E-state index in [1.54, 1.807) is 24.1 Å². The Morgan fingerprint density at radius 3 is 2.83 bits per heavy atom. The average Bonchev–Trinajstić information content (AvgIpc) is 2.94. The first-order valence-corrected chi connectivity index (χ1v) is 7.37. The van der Waals surface area contributed by atoms with Gasteiger partial charge in [-0.2, -0.15) is 0 Å². The van der Waals surface area contributed by atoms with Crippen molar-refractivity contribution in [1.82, 2.24) is 14.9 Å². The van der Waals surface area contributed by atoms with Crippen molar-refractivity contribution in [2.75, 3.05) is 13.1 Å². The molecule has 1 amide bonds. The smallest absolute Gasteiger partial charge is 0.339 e. The Morgan fingerprint density at radius 1 is 1.30 bits per heavy atom. The van der Waals surface area contributed by atoms with E-state index < -0.39 is 5.63 Å². The number of likely N-dealkylation sites (tertiary alicyclic amines) is 1. The van der Waals surface area contributed by atoms with Crippen molar-refractivity contribution in [2.45, 2.75) is 26.4 Å². The van der Waals surface area contributed by atoms with Crippen molar-refractivity contribution in [1.29, 1.82) is 0 Å². The van der Waals surface area contributed by atoms with Crippen LogP contribution in [0.3, 0.4) is 0 Å². The minimum Gasteiger partial charge on any atom is -0.488 e. The summed E-state index contributed by atoms with van der Waals surface area (Å²) in [4.78, 5) is 33.6. The molecular formula is C16H17N3O4. The van der Waals surface area contributed by atoms with Crippen LogP contribution in [0.2, 0.25) is 0 Å². The molecule has 1 aliphatic heterocycles. The van der Waals surface area contributed by atoms with Gasteiger partial charge in [-0.3, -0.25) is 9.78 Å². The molecule has 0 bridgehead atoms. The Bertz CT molecular complexity index is 770. The van der Waals surface area contributed by atoms with Crippen LogP contribution in [0.1, 0.15) is 28.4 Å². The van der Waals surface area contributed by atoms with Crippen LogP contribution in [0.4, 0.5) is 0 Å². The molecule has 2 aromatic rings. The van der Waals surface area contributed by atoms with Crippen molar-refractivity contribution < 1.29 is 13.9 Å². The van der Waals surface area contributed by atoms with Crippen molar-refractivity contribution in [3.63, 3.8) is 0 Å². The van der Waals surface area contributed by atoms with Crippen LogP contribution in [0.15, 0.2) is 33.7 Å². The summed E-state index contributed by atoms with van der Waals surface area (Å²) in [5.41, 5.74) is 0.649. The lowest BCUT2D eigenvalue weighted by molar-refractivity contribution is 0.0766. The number of aryl methyl sites for hydroxylation is 2. The SMILES string of the molecule is Cc1cnc(C(=O)N2CCC(Oc3cc(C)oc(=O)c3)C2)cn1. The summed E-state index contributed by atoms with van der Waals surface area (Å²) in [6.07, 6.45) is 3.60. The first-order valence-electron chi connectivity index (χ1n) is 7.37. The normalized spacial score (nSPS) is 17.3. The van der Waals surface area contributed by atoms with Crippen molar-refractivity contribution in [3.8, 4) is 5.75 Å². The van der Waals surface area contributed by atoms with E-state index in [0.717, 1.165) is 5.69 Å². The van der Waals surface area contributed by atoms with Gasteiger partial charge in [-0.1, -0.05) is 0 Å². The zero-order valence-corrected chi connectivity index (χ0v) is 13.0. The predicted octanol–water partition coefficient (Wildman–Crippen LogP) is 1.34. The highest BCUT2D eigenvalue weighted by atomic mass is 16.5. The zero-order chi connectivity index (χ0) is 16.4. The topological polar surface area (TPSA) is 85.5 Å². The monoisotopic (exact) mass is 315 g/mol. The molecule has 1 saturated heterocycles. The molecule has 23 heavy (non-hydrogen) atoms. The third-order valence-electron chi connectivity index (χ3n) is 3.60. The van der Waals surface area contributed by atoms with Crippen molar-refractivity contribution in [3.05, 3.63) is 52.1 Å². The largest absolute Gasteiger partial charge is 0.488 e. The maximum absolute atomic E-state index is 12.4. The number of carbonyl (C=O) groups excluding carboxylic acids is 1. The Hall–Kier alpha value is -2.70. The summed E-state index contributed by atoms with van der Waals surface area (Å²) in [6.45, 7) is 4.54. The van der Waals surface area contributed by atoms with Gasteiger partial charge in [0.2, 0.25) is 0 Å². The van der Waals surface area contributed by atoms with Gasteiger partial charge in [-0.05, 0) is 13.8 Å². The van der Waals surface area contributed by atoms with Crippen LogP contribution < -0.4 is 10.4 Å². The number of amides is 1. The summed E-state index contributed by atoms with van der Waals surface area (Å²) in [6, 6.07) is 2.97. The highest BCUT2D eigenvalue weighted by molar-refractivity contribution is 5.92. The molecule has 1 aliphatic rings. The van der Waals surface area contributed by atoms with E-state index in [4.69, 9.17) is 9.15 Å². The first-order chi connectivity index (χ1) is 11.0. The molecule has 7 nitrogen and oxygen atoms in total. The number of nitrogens with zero attached hydrogens (tertiary/aromatic N) is 3. The summed E-state index contributed by atoms with van der Waals surface area (Å²) in [5, 5.41) is 0. The van der Waals surface area contributed by atoms with Gasteiger partial charge in [-0.25, -0.2) is 9.78 Å². The lowest BCUT2D eigenvalue weighted by atomic mass is 10.3. The maximum atomic E-state index is 12.4. The van der Waals surface area contributed by atoms with Gasteiger partial charge < -0.3 is 14.1 Å². The molecule has 1 fully saturated rings. The fourth-order valence-corrected chi connectivity index (χ4v) is 2.51. The molecule has 7 heteroatoms. The highest BCUT2D eigenvalue weighted by Crippen LogP contribution is 2.19. The van der Waals surface area contributed by atoms with Crippen LogP contribution in [0.25, 0.3) is 0 Å². The lowest BCUT2D eigenvalue weighted by Gasteiger charge is -2.16. The Morgan fingerprint density at radius 2 is 2.13 bits per heavy atom. The summed E-state index contributed by atoms with van der Waals surface area (Å²) >= 11 is 0. The average molecular weight is 315 g/mol. The third kappa shape index (κ3) is 3.56. The van der Waals surface area contributed by atoms with Gasteiger partial charge in [-0.15, -0.1) is 0 Å². The fourth-order valence-electron chi connectivity index (χ4n) is 2.51. The van der Waals surface area contributed by atoms with Gasteiger partial charge in [0.1, 0.15) is 23.3 Å². The van der Waals surface area contributed by atoms with E-state index in [1.165, 1.54) is 12.3 Å². The minimum atomic E-state index is -0.444. The van der Waals surface area contributed by atoms with E-state index in [-0.39, 0.29) is 12.0 Å². The molecular weight excluding hydrogens is 298 g/mol. The fraction of sp³-hybridized carbons (Fsp3) is 0.375. The Labute approximate surface area is 132 Å². The molecule has 0 spiro atoms. The molecule has 0 radical (unpaired) electrons. The van der Waals surface area contributed by atoms with Crippen LogP contribution in [0, 0.1) is 13.8 Å². The summed E-state index contributed by atoms with van der Waals surface area (Å²) in [7, 11) is 0. The van der Waals surface area contributed by atoms with E-state index in [2.05, 4.69) is 9.97 Å². The quantitative estimate of drug-likeness (QED) is 0.849.